The largest absolute Gasteiger partial charge is 0.478 e. The van der Waals surface area contributed by atoms with Crippen LogP contribution in [0, 0.1) is 0 Å². The number of nitrogens with zero attached hydrogens (tertiary/aromatic N) is 1. The molecule has 4 aromatic rings. The average Bonchev–Trinajstić information content (AvgIpc) is 3.80. The lowest BCUT2D eigenvalue weighted by Crippen LogP contribution is -2.55. The molecule has 1 atom stereocenters. The lowest BCUT2D eigenvalue weighted by molar-refractivity contribution is -0.131. The molecule has 1 aromatic heterocycles. The summed E-state index contributed by atoms with van der Waals surface area (Å²) >= 11 is 0. The number of hydrogen-bond donors (Lipinski definition) is 4. The van der Waals surface area contributed by atoms with Gasteiger partial charge in [0.2, 0.25) is 5.91 Å². The highest BCUT2D eigenvalue weighted by molar-refractivity contribution is 6.06. The van der Waals surface area contributed by atoms with Crippen molar-refractivity contribution in [3.63, 3.8) is 0 Å². The number of nitrogens with one attached hydrogen (secondary N) is 3. The van der Waals surface area contributed by atoms with E-state index < -0.39 is 11.5 Å². The van der Waals surface area contributed by atoms with Crippen LogP contribution in [0.25, 0.3) is 28.2 Å². The van der Waals surface area contributed by atoms with Crippen molar-refractivity contribution >= 4 is 40.4 Å². The predicted molar refractivity (Wildman–Crippen MR) is 203 cm³/mol. The van der Waals surface area contributed by atoms with Crippen molar-refractivity contribution < 1.29 is 33.8 Å². The summed E-state index contributed by atoms with van der Waals surface area (Å²) in [4.78, 5) is 45.0. The highest BCUT2D eigenvalue weighted by Crippen LogP contribution is 2.44. The fraction of sp³-hybridized carbons (Fsp3) is 0.405. The Bertz CT molecular complexity index is 1920. The molecule has 3 aromatic carbocycles. The number of aliphatic carboxylic acids is 1. The summed E-state index contributed by atoms with van der Waals surface area (Å²) < 4.78 is 13.5. The number of amides is 2. The number of rotatable bonds is 13. The van der Waals surface area contributed by atoms with Crippen LogP contribution in [0.4, 0.5) is 5.69 Å². The van der Waals surface area contributed by atoms with Crippen molar-refractivity contribution in [3.8, 4) is 11.3 Å². The Morgan fingerprint density at radius 1 is 0.925 bits per heavy atom. The summed E-state index contributed by atoms with van der Waals surface area (Å²) in [6.45, 7) is 2.37. The lowest BCUT2D eigenvalue weighted by Gasteiger charge is -2.29. The fourth-order valence-corrected chi connectivity index (χ4v) is 8.05. The van der Waals surface area contributed by atoms with Gasteiger partial charge in [-0.2, -0.15) is 5.48 Å². The Morgan fingerprint density at radius 3 is 2.42 bits per heavy atom. The molecule has 2 amide bonds. The Labute approximate surface area is 309 Å². The van der Waals surface area contributed by atoms with Gasteiger partial charge in [-0.25, -0.2) is 4.79 Å². The molecule has 11 nitrogen and oxygen atoms in total. The molecule has 2 heterocycles. The Morgan fingerprint density at radius 2 is 1.70 bits per heavy atom. The standard InChI is InChI=1S/C42H48N4O7/c47-37(48)20-15-29-13-17-33(18-14-29)44-41(50)42(21-7-8-22-42)45-40(49)32-16-19-35-36(25-32)46(28-53-43-26-34-27-51-23-24-52-34)39(31-11-5-2-6-12-31)38(35)30-9-3-1-4-10-30/h2,5-6,11-20,25,30,34,43H,1,3-4,7-10,21-24,26-28H2,(H,44,50)(H,45,49)(H,47,48)/b20-15+. The molecule has 2 saturated carbocycles. The number of anilines is 1. The second-order valence-electron chi connectivity index (χ2n) is 14.3. The van der Waals surface area contributed by atoms with Crippen molar-refractivity contribution in [1.29, 1.82) is 0 Å². The zero-order valence-corrected chi connectivity index (χ0v) is 30.0. The number of aromatic nitrogens is 1. The van der Waals surface area contributed by atoms with E-state index in [1.165, 1.54) is 30.9 Å². The first kappa shape index (κ1) is 36.5. The van der Waals surface area contributed by atoms with Crippen LogP contribution >= 0.6 is 0 Å². The maximum Gasteiger partial charge on any atom is 0.328 e. The van der Waals surface area contributed by atoms with Gasteiger partial charge in [0.05, 0.1) is 37.1 Å². The third-order valence-corrected chi connectivity index (χ3v) is 10.7. The van der Waals surface area contributed by atoms with Crippen molar-refractivity contribution in [3.05, 3.63) is 95.6 Å². The zero-order chi connectivity index (χ0) is 36.6. The highest BCUT2D eigenvalue weighted by Gasteiger charge is 2.43. The maximum atomic E-state index is 14.2. The Kier molecular flexibility index (Phi) is 11.7. The number of carboxylic acid groups (broad SMARTS) is 1. The Balaban J connectivity index is 1.18. The van der Waals surface area contributed by atoms with Crippen molar-refractivity contribution in [1.82, 2.24) is 15.4 Å². The summed E-state index contributed by atoms with van der Waals surface area (Å²) in [6.07, 6.45) is 11.0. The van der Waals surface area contributed by atoms with Gasteiger partial charge >= 0.3 is 5.97 Å². The van der Waals surface area contributed by atoms with Gasteiger partial charge in [-0.1, -0.05) is 80.6 Å². The van der Waals surface area contributed by atoms with Gasteiger partial charge in [0.1, 0.15) is 12.3 Å². The van der Waals surface area contributed by atoms with Gasteiger partial charge in [0, 0.05) is 29.3 Å². The molecule has 4 N–H and O–H groups in total. The van der Waals surface area contributed by atoms with Gasteiger partial charge in [-0.05, 0) is 78.6 Å². The minimum absolute atomic E-state index is 0.0905. The van der Waals surface area contributed by atoms with Crippen molar-refractivity contribution in [2.45, 2.75) is 82.1 Å². The second-order valence-corrected chi connectivity index (χ2v) is 14.3. The quantitative estimate of drug-likeness (QED) is 0.0656. The van der Waals surface area contributed by atoms with E-state index >= 15 is 0 Å². The molecule has 0 radical (unpaired) electrons. The molecule has 11 heteroatoms. The van der Waals surface area contributed by atoms with Crippen LogP contribution in [0.15, 0.2) is 78.9 Å². The molecular weight excluding hydrogens is 672 g/mol. The van der Waals surface area contributed by atoms with Gasteiger partial charge in [-0.3, -0.25) is 14.4 Å². The smallest absolute Gasteiger partial charge is 0.328 e. The number of ether oxygens (including phenoxy) is 2. The van der Waals surface area contributed by atoms with Gasteiger partial charge in [0.25, 0.3) is 5.91 Å². The summed E-state index contributed by atoms with van der Waals surface area (Å²) in [5, 5.41) is 16.2. The molecule has 53 heavy (non-hydrogen) atoms. The van der Waals surface area contributed by atoms with E-state index in [4.69, 9.17) is 19.4 Å². The number of carbonyl (C=O) groups excluding carboxylic acids is 2. The molecule has 278 valence electrons. The van der Waals surface area contributed by atoms with Crippen LogP contribution in [0.1, 0.15) is 85.2 Å². The normalized spacial score (nSPS) is 19.1. The number of carbonyl (C=O) groups is 3. The number of hydroxylamine groups is 1. The van der Waals surface area contributed by atoms with Crippen LogP contribution < -0.4 is 16.1 Å². The Hall–Kier alpha value is -4.81. The average molecular weight is 721 g/mol. The molecule has 1 saturated heterocycles. The molecule has 3 fully saturated rings. The molecular formula is C42H48N4O7. The topological polar surface area (TPSA) is 140 Å². The first-order chi connectivity index (χ1) is 25.9. The summed E-state index contributed by atoms with van der Waals surface area (Å²) in [7, 11) is 0. The van der Waals surface area contributed by atoms with Crippen LogP contribution in [0.3, 0.4) is 0 Å². The van der Waals surface area contributed by atoms with Gasteiger partial charge in [-0.15, -0.1) is 0 Å². The predicted octanol–water partition coefficient (Wildman–Crippen LogP) is 7.03. The summed E-state index contributed by atoms with van der Waals surface area (Å²) in [6, 6.07) is 23.2. The lowest BCUT2D eigenvalue weighted by atomic mass is 9.82. The fourth-order valence-electron chi connectivity index (χ4n) is 8.05. The van der Waals surface area contributed by atoms with E-state index in [1.54, 1.807) is 24.3 Å². The number of hydrogen-bond acceptors (Lipinski definition) is 7. The summed E-state index contributed by atoms with van der Waals surface area (Å²) in [5.41, 5.74) is 8.16. The van der Waals surface area contributed by atoms with Crippen molar-refractivity contribution in [2.75, 3.05) is 31.7 Å². The third-order valence-electron chi connectivity index (χ3n) is 10.7. The van der Waals surface area contributed by atoms with E-state index in [0.717, 1.165) is 53.9 Å². The summed E-state index contributed by atoms with van der Waals surface area (Å²) in [5.74, 6) is -1.22. The molecule has 3 aliphatic rings. The van der Waals surface area contributed by atoms with E-state index in [9.17, 15) is 14.4 Å². The third kappa shape index (κ3) is 8.55. The highest BCUT2D eigenvalue weighted by atomic mass is 16.7. The van der Waals surface area contributed by atoms with Crippen LogP contribution in [-0.2, 0) is 30.6 Å². The van der Waals surface area contributed by atoms with Gasteiger partial charge in [0.15, 0.2) is 0 Å². The first-order valence-corrected chi connectivity index (χ1v) is 18.8. The van der Waals surface area contributed by atoms with Crippen LogP contribution in [-0.4, -0.2) is 65.5 Å². The number of benzene rings is 3. The second kappa shape index (κ2) is 16.9. The monoisotopic (exact) mass is 720 g/mol. The zero-order valence-electron chi connectivity index (χ0n) is 30.0. The minimum atomic E-state index is -1.06. The molecule has 1 unspecified atom stereocenters. The van der Waals surface area contributed by atoms with E-state index in [2.05, 4.69) is 51.0 Å². The number of carboxylic acids is 1. The SMILES string of the molecule is O=C(O)/C=C/c1ccc(NC(=O)C2(NC(=O)c3ccc4c(C5CCCCC5)c(-c5ccccc5)n(CONCC5COCCO5)c4c3)CCCC2)cc1. The van der Waals surface area contributed by atoms with Gasteiger partial charge < -0.3 is 29.8 Å². The van der Waals surface area contributed by atoms with Crippen LogP contribution in [0.2, 0.25) is 0 Å². The first-order valence-electron chi connectivity index (χ1n) is 18.8. The van der Waals surface area contributed by atoms with Crippen molar-refractivity contribution in [2.24, 2.45) is 0 Å². The molecule has 1 aliphatic heterocycles. The molecule has 0 spiro atoms. The maximum absolute atomic E-state index is 14.2. The van der Waals surface area contributed by atoms with E-state index in [0.29, 0.717) is 61.9 Å². The molecule has 0 bridgehead atoms. The van der Waals surface area contributed by atoms with E-state index in [1.807, 2.05) is 18.2 Å². The minimum Gasteiger partial charge on any atom is -0.478 e. The number of fused-ring (bicyclic) bond motifs is 1. The molecule has 2 aliphatic carbocycles. The van der Waals surface area contributed by atoms with E-state index in [-0.39, 0.29) is 24.6 Å². The van der Waals surface area contributed by atoms with Crippen LogP contribution in [0.5, 0.6) is 0 Å². The molecule has 7 rings (SSSR count).